The Labute approximate surface area is 140 Å². The van der Waals surface area contributed by atoms with Crippen LogP contribution in [-0.4, -0.2) is 21.7 Å². The van der Waals surface area contributed by atoms with Crippen LogP contribution in [0.3, 0.4) is 0 Å². The Morgan fingerprint density at radius 2 is 2.04 bits per heavy atom. The molecule has 0 saturated carbocycles. The van der Waals surface area contributed by atoms with Crippen LogP contribution in [0.15, 0.2) is 53.6 Å². The fourth-order valence-electron chi connectivity index (χ4n) is 2.71. The highest BCUT2D eigenvalue weighted by molar-refractivity contribution is 6.30. The molecule has 0 radical (unpaired) electrons. The molecule has 23 heavy (non-hydrogen) atoms. The van der Waals surface area contributed by atoms with E-state index >= 15 is 0 Å². The lowest BCUT2D eigenvalue weighted by molar-refractivity contribution is -0.132. The number of hydrogen-bond donors (Lipinski definition) is 1. The zero-order chi connectivity index (χ0) is 16.4. The van der Waals surface area contributed by atoms with Crippen molar-refractivity contribution >= 4 is 23.2 Å². The lowest BCUT2D eigenvalue weighted by Gasteiger charge is -2.21. The van der Waals surface area contributed by atoms with Gasteiger partial charge in [-0.05, 0) is 29.8 Å². The fraction of sp³-hybridized carbons (Fsp3) is 0.222. The number of benzene rings is 2. The number of phenols is 1. The van der Waals surface area contributed by atoms with Gasteiger partial charge in [-0.2, -0.15) is 5.10 Å². The van der Waals surface area contributed by atoms with E-state index < -0.39 is 0 Å². The van der Waals surface area contributed by atoms with Crippen molar-refractivity contribution < 1.29 is 9.90 Å². The molecule has 0 aliphatic carbocycles. The SMILES string of the molecule is CCC(=O)N1N=C(c2cccc(O)c2)CC1c1ccc(Cl)cc1. The van der Waals surface area contributed by atoms with Crippen LogP contribution in [0.4, 0.5) is 0 Å². The Morgan fingerprint density at radius 3 is 2.70 bits per heavy atom. The van der Waals surface area contributed by atoms with Crippen LogP contribution >= 0.6 is 11.6 Å². The molecule has 3 rings (SSSR count). The van der Waals surface area contributed by atoms with Gasteiger partial charge in [0, 0.05) is 23.4 Å². The summed E-state index contributed by atoms with van der Waals surface area (Å²) in [5.41, 5.74) is 2.62. The predicted molar refractivity (Wildman–Crippen MR) is 90.6 cm³/mol. The Bertz CT molecular complexity index is 756. The number of carbonyl (C=O) groups is 1. The molecule has 4 nitrogen and oxygen atoms in total. The van der Waals surface area contributed by atoms with Crippen LogP contribution in [0.1, 0.15) is 36.9 Å². The summed E-state index contributed by atoms with van der Waals surface area (Å²) in [7, 11) is 0. The van der Waals surface area contributed by atoms with Gasteiger partial charge in [0.2, 0.25) is 5.91 Å². The third kappa shape index (κ3) is 3.22. The number of rotatable bonds is 3. The summed E-state index contributed by atoms with van der Waals surface area (Å²) in [6.45, 7) is 1.82. The summed E-state index contributed by atoms with van der Waals surface area (Å²) in [6.07, 6.45) is 0.998. The zero-order valence-corrected chi connectivity index (χ0v) is 13.5. The number of hydrazone groups is 1. The molecule has 2 aromatic carbocycles. The van der Waals surface area contributed by atoms with Crippen LogP contribution in [0.25, 0.3) is 0 Å². The second kappa shape index (κ2) is 6.42. The molecule has 2 aromatic rings. The van der Waals surface area contributed by atoms with Gasteiger partial charge in [-0.1, -0.05) is 42.8 Å². The highest BCUT2D eigenvalue weighted by Gasteiger charge is 2.32. The molecule has 0 fully saturated rings. The monoisotopic (exact) mass is 328 g/mol. The molecular weight excluding hydrogens is 312 g/mol. The first kappa shape index (κ1) is 15.6. The molecule has 1 unspecified atom stereocenters. The molecule has 1 N–H and O–H groups in total. The minimum atomic E-state index is -0.142. The topological polar surface area (TPSA) is 52.9 Å². The third-order valence-electron chi connectivity index (χ3n) is 3.90. The van der Waals surface area contributed by atoms with E-state index in [9.17, 15) is 9.90 Å². The van der Waals surface area contributed by atoms with Gasteiger partial charge in [-0.15, -0.1) is 0 Å². The quantitative estimate of drug-likeness (QED) is 0.920. The molecule has 0 bridgehead atoms. The van der Waals surface area contributed by atoms with Crippen molar-refractivity contribution in [2.45, 2.75) is 25.8 Å². The Balaban J connectivity index is 1.95. The van der Waals surface area contributed by atoms with Crippen molar-refractivity contribution in [3.05, 3.63) is 64.7 Å². The summed E-state index contributed by atoms with van der Waals surface area (Å²) >= 11 is 5.95. The Hall–Kier alpha value is -2.33. The van der Waals surface area contributed by atoms with Gasteiger partial charge in [0.1, 0.15) is 5.75 Å². The maximum absolute atomic E-state index is 12.3. The largest absolute Gasteiger partial charge is 0.508 e. The van der Waals surface area contributed by atoms with Crippen molar-refractivity contribution in [1.29, 1.82) is 0 Å². The molecule has 1 aliphatic rings. The Kier molecular flexibility index (Phi) is 4.35. The van der Waals surface area contributed by atoms with E-state index in [0.29, 0.717) is 17.9 Å². The molecule has 5 heteroatoms. The number of carbonyl (C=O) groups excluding carboxylic acids is 1. The minimum absolute atomic E-state index is 0.0277. The van der Waals surface area contributed by atoms with Crippen molar-refractivity contribution in [1.82, 2.24) is 5.01 Å². The van der Waals surface area contributed by atoms with Gasteiger partial charge in [0.15, 0.2) is 0 Å². The van der Waals surface area contributed by atoms with Crippen LogP contribution in [-0.2, 0) is 4.79 Å². The lowest BCUT2D eigenvalue weighted by Crippen LogP contribution is -2.26. The maximum Gasteiger partial charge on any atom is 0.242 e. The van der Waals surface area contributed by atoms with Crippen molar-refractivity contribution in [3.8, 4) is 5.75 Å². The lowest BCUT2D eigenvalue weighted by atomic mass is 9.98. The smallest absolute Gasteiger partial charge is 0.242 e. The predicted octanol–water partition coefficient (Wildman–Crippen LogP) is 4.13. The van der Waals surface area contributed by atoms with E-state index in [2.05, 4.69) is 5.10 Å². The van der Waals surface area contributed by atoms with Crippen LogP contribution < -0.4 is 0 Å². The first-order valence-electron chi connectivity index (χ1n) is 7.53. The van der Waals surface area contributed by atoms with Crippen molar-refractivity contribution in [2.75, 3.05) is 0 Å². The molecule has 0 saturated heterocycles. The molecule has 1 amide bonds. The molecule has 1 aliphatic heterocycles. The van der Waals surface area contributed by atoms with Crippen molar-refractivity contribution in [3.63, 3.8) is 0 Å². The number of halogens is 1. The summed E-state index contributed by atoms with van der Waals surface area (Å²) in [5, 5.41) is 16.4. The van der Waals surface area contributed by atoms with E-state index in [-0.39, 0.29) is 17.7 Å². The number of hydrogen-bond acceptors (Lipinski definition) is 3. The van der Waals surface area contributed by atoms with Gasteiger partial charge in [0.05, 0.1) is 11.8 Å². The van der Waals surface area contributed by atoms with E-state index in [1.807, 2.05) is 37.3 Å². The van der Waals surface area contributed by atoms with E-state index in [1.54, 1.807) is 23.2 Å². The molecule has 118 valence electrons. The van der Waals surface area contributed by atoms with Gasteiger partial charge in [0.25, 0.3) is 0 Å². The molecular formula is C18H17ClN2O2. The summed E-state index contributed by atoms with van der Waals surface area (Å²) in [5.74, 6) is 0.161. The van der Waals surface area contributed by atoms with Crippen LogP contribution in [0.5, 0.6) is 5.75 Å². The molecule has 0 aromatic heterocycles. The molecule has 1 atom stereocenters. The zero-order valence-electron chi connectivity index (χ0n) is 12.7. The van der Waals surface area contributed by atoms with Crippen molar-refractivity contribution in [2.24, 2.45) is 5.10 Å². The number of aromatic hydroxyl groups is 1. The second-order valence-corrected chi connectivity index (χ2v) is 5.90. The summed E-state index contributed by atoms with van der Waals surface area (Å²) in [6, 6.07) is 14.3. The fourth-order valence-corrected chi connectivity index (χ4v) is 2.83. The highest BCUT2D eigenvalue weighted by atomic mass is 35.5. The standard InChI is InChI=1S/C18H17ClN2O2/c1-2-18(23)21-17(12-6-8-14(19)9-7-12)11-16(20-21)13-4-3-5-15(22)10-13/h3-10,17,22H,2,11H2,1H3. The number of nitrogens with zero attached hydrogens (tertiary/aromatic N) is 2. The van der Waals surface area contributed by atoms with Crippen LogP contribution in [0.2, 0.25) is 5.02 Å². The maximum atomic E-state index is 12.3. The number of phenolic OH excluding ortho intramolecular Hbond substituents is 1. The minimum Gasteiger partial charge on any atom is -0.508 e. The summed E-state index contributed by atoms with van der Waals surface area (Å²) in [4.78, 5) is 12.3. The Morgan fingerprint density at radius 1 is 1.30 bits per heavy atom. The average molecular weight is 329 g/mol. The molecule has 0 spiro atoms. The first-order valence-corrected chi connectivity index (χ1v) is 7.90. The highest BCUT2D eigenvalue weighted by Crippen LogP contribution is 2.34. The average Bonchev–Trinajstić information content (AvgIpc) is 3.00. The second-order valence-electron chi connectivity index (χ2n) is 5.46. The van der Waals surface area contributed by atoms with Gasteiger partial charge in [-0.3, -0.25) is 4.79 Å². The first-order chi connectivity index (χ1) is 11.1. The van der Waals surface area contributed by atoms with E-state index in [4.69, 9.17) is 11.6 Å². The van der Waals surface area contributed by atoms with Gasteiger partial charge in [-0.25, -0.2) is 5.01 Å². The third-order valence-corrected chi connectivity index (χ3v) is 4.15. The van der Waals surface area contributed by atoms with Crippen LogP contribution in [0, 0.1) is 0 Å². The number of amides is 1. The summed E-state index contributed by atoms with van der Waals surface area (Å²) < 4.78 is 0. The normalized spacial score (nSPS) is 17.2. The van der Waals surface area contributed by atoms with E-state index in [1.165, 1.54) is 0 Å². The van der Waals surface area contributed by atoms with E-state index in [0.717, 1.165) is 16.8 Å². The van der Waals surface area contributed by atoms with Gasteiger partial charge >= 0.3 is 0 Å². The molecule has 1 heterocycles. The van der Waals surface area contributed by atoms with Gasteiger partial charge < -0.3 is 5.11 Å².